The monoisotopic (exact) mass is 410 g/mol. The number of nitrogens with zero attached hydrogens (tertiary/aromatic N) is 1. The van der Waals surface area contributed by atoms with Gasteiger partial charge in [-0.2, -0.15) is 0 Å². The number of carbonyl (C=O) groups excluding carboxylic acids is 3. The maximum Gasteiger partial charge on any atom is 0.311 e. The number of benzene rings is 2. The lowest BCUT2D eigenvalue weighted by Crippen LogP contribution is -2.28. The van der Waals surface area contributed by atoms with Gasteiger partial charge in [0.1, 0.15) is 5.75 Å². The Kier molecular flexibility index (Phi) is 7.06. The first-order chi connectivity index (χ1) is 14.5. The first kappa shape index (κ1) is 21.4. The highest BCUT2D eigenvalue weighted by Crippen LogP contribution is 2.27. The number of carbonyl (C=O) groups is 3. The van der Waals surface area contributed by atoms with E-state index < -0.39 is 17.8 Å². The molecule has 1 saturated heterocycles. The Balaban J connectivity index is 1.49. The minimum absolute atomic E-state index is 0.0617. The second kappa shape index (κ2) is 9.91. The van der Waals surface area contributed by atoms with Crippen molar-refractivity contribution in [2.75, 3.05) is 30.0 Å². The highest BCUT2D eigenvalue weighted by molar-refractivity contribution is 6.00. The van der Waals surface area contributed by atoms with Gasteiger partial charge in [0.2, 0.25) is 5.91 Å². The van der Waals surface area contributed by atoms with E-state index in [1.165, 1.54) is 5.56 Å². The summed E-state index contributed by atoms with van der Waals surface area (Å²) in [5.74, 6) is -0.991. The molecule has 1 fully saturated rings. The van der Waals surface area contributed by atoms with Gasteiger partial charge in [-0.25, -0.2) is 0 Å². The van der Waals surface area contributed by atoms with Gasteiger partial charge in [0.25, 0.3) is 5.91 Å². The minimum Gasteiger partial charge on any atom is -0.494 e. The van der Waals surface area contributed by atoms with Crippen LogP contribution in [0.1, 0.15) is 25.8 Å². The maximum atomic E-state index is 12.3. The van der Waals surface area contributed by atoms with Gasteiger partial charge in [-0.3, -0.25) is 14.4 Å². The third-order valence-electron chi connectivity index (χ3n) is 4.91. The van der Waals surface area contributed by atoms with Crippen LogP contribution in [-0.4, -0.2) is 37.5 Å². The Morgan fingerprint density at radius 1 is 1.07 bits per heavy atom. The van der Waals surface area contributed by atoms with Crippen molar-refractivity contribution in [3.05, 3.63) is 54.1 Å². The summed E-state index contributed by atoms with van der Waals surface area (Å²) in [5.41, 5.74) is 2.51. The first-order valence-corrected chi connectivity index (χ1v) is 10.1. The van der Waals surface area contributed by atoms with Crippen molar-refractivity contribution in [2.24, 2.45) is 5.92 Å². The van der Waals surface area contributed by atoms with Crippen molar-refractivity contribution in [1.82, 2.24) is 0 Å². The molecule has 7 heteroatoms. The van der Waals surface area contributed by atoms with Crippen LogP contribution in [-0.2, 0) is 25.5 Å². The predicted molar refractivity (Wildman–Crippen MR) is 113 cm³/mol. The first-order valence-electron chi connectivity index (χ1n) is 10.1. The molecule has 0 aromatic heterocycles. The molecule has 1 atom stereocenters. The van der Waals surface area contributed by atoms with E-state index in [1.807, 2.05) is 31.2 Å². The molecule has 30 heavy (non-hydrogen) atoms. The van der Waals surface area contributed by atoms with Crippen LogP contribution in [0, 0.1) is 5.92 Å². The smallest absolute Gasteiger partial charge is 0.311 e. The van der Waals surface area contributed by atoms with Crippen LogP contribution in [0.2, 0.25) is 0 Å². The zero-order valence-corrected chi connectivity index (χ0v) is 17.2. The minimum atomic E-state index is -0.597. The molecule has 0 spiro atoms. The molecule has 0 aliphatic carbocycles. The molecule has 1 heterocycles. The van der Waals surface area contributed by atoms with Crippen LogP contribution in [0.4, 0.5) is 11.4 Å². The number of hydrogen-bond acceptors (Lipinski definition) is 5. The lowest BCUT2D eigenvalue weighted by Gasteiger charge is -2.17. The molecule has 0 saturated carbocycles. The molecule has 2 aromatic carbocycles. The number of nitrogens with one attached hydrogen (secondary N) is 1. The summed E-state index contributed by atoms with van der Waals surface area (Å²) in [6.07, 6.45) is 0.978. The maximum absolute atomic E-state index is 12.3. The quantitative estimate of drug-likeness (QED) is 0.676. The summed E-state index contributed by atoms with van der Waals surface area (Å²) in [6, 6.07) is 14.6. The van der Waals surface area contributed by atoms with Crippen molar-refractivity contribution >= 4 is 29.2 Å². The summed E-state index contributed by atoms with van der Waals surface area (Å²) in [7, 11) is 0. The molecule has 158 valence electrons. The van der Waals surface area contributed by atoms with Crippen LogP contribution in [0.15, 0.2) is 48.5 Å². The molecule has 0 radical (unpaired) electrons. The summed E-state index contributed by atoms with van der Waals surface area (Å²) in [5, 5.41) is 2.69. The van der Waals surface area contributed by atoms with Crippen molar-refractivity contribution in [3.63, 3.8) is 0 Å². The predicted octanol–water partition coefficient (Wildman–Crippen LogP) is 3.18. The summed E-state index contributed by atoms with van der Waals surface area (Å²) >= 11 is 0. The van der Waals surface area contributed by atoms with Crippen LogP contribution in [0.25, 0.3) is 0 Å². The van der Waals surface area contributed by atoms with E-state index in [-0.39, 0.29) is 25.5 Å². The van der Waals surface area contributed by atoms with E-state index in [0.29, 0.717) is 18.0 Å². The van der Waals surface area contributed by atoms with Gasteiger partial charge in [0, 0.05) is 24.3 Å². The summed E-state index contributed by atoms with van der Waals surface area (Å²) < 4.78 is 10.5. The largest absolute Gasteiger partial charge is 0.494 e. The van der Waals surface area contributed by atoms with Crippen LogP contribution < -0.4 is 15.0 Å². The molecule has 1 unspecified atom stereocenters. The average Bonchev–Trinajstić information content (AvgIpc) is 3.15. The molecule has 1 aliphatic heterocycles. The zero-order chi connectivity index (χ0) is 21.5. The van der Waals surface area contributed by atoms with Gasteiger partial charge in [-0.1, -0.05) is 19.1 Å². The van der Waals surface area contributed by atoms with Gasteiger partial charge >= 0.3 is 5.97 Å². The third kappa shape index (κ3) is 5.37. The van der Waals surface area contributed by atoms with E-state index in [9.17, 15) is 14.4 Å². The molecule has 1 N–H and O–H groups in total. The van der Waals surface area contributed by atoms with Crippen LogP contribution >= 0.6 is 0 Å². The van der Waals surface area contributed by atoms with Crippen LogP contribution in [0.3, 0.4) is 0 Å². The van der Waals surface area contributed by atoms with E-state index in [1.54, 1.807) is 29.2 Å². The Bertz CT molecular complexity index is 893. The number of aryl methyl sites for hydroxylation is 1. The number of rotatable bonds is 8. The van der Waals surface area contributed by atoms with Gasteiger partial charge in [-0.15, -0.1) is 0 Å². The highest BCUT2D eigenvalue weighted by atomic mass is 16.5. The fourth-order valence-electron chi connectivity index (χ4n) is 3.28. The Hall–Kier alpha value is -3.35. The van der Waals surface area contributed by atoms with Crippen molar-refractivity contribution in [1.29, 1.82) is 0 Å². The zero-order valence-electron chi connectivity index (χ0n) is 17.2. The lowest BCUT2D eigenvalue weighted by molar-refractivity contribution is -0.151. The van der Waals surface area contributed by atoms with Gasteiger partial charge in [-0.05, 0) is 55.3 Å². The topological polar surface area (TPSA) is 84.9 Å². The van der Waals surface area contributed by atoms with Crippen molar-refractivity contribution in [3.8, 4) is 5.75 Å². The average molecular weight is 410 g/mol. The van der Waals surface area contributed by atoms with E-state index in [4.69, 9.17) is 9.47 Å². The van der Waals surface area contributed by atoms with E-state index >= 15 is 0 Å². The molecule has 0 bridgehead atoms. The van der Waals surface area contributed by atoms with Gasteiger partial charge in [0.05, 0.1) is 12.5 Å². The number of amides is 2. The molecular weight excluding hydrogens is 384 g/mol. The molecule has 7 nitrogen and oxygen atoms in total. The normalized spacial score (nSPS) is 15.7. The molecule has 2 amide bonds. The number of anilines is 2. The van der Waals surface area contributed by atoms with Gasteiger partial charge in [0.15, 0.2) is 6.61 Å². The lowest BCUT2D eigenvalue weighted by atomic mass is 10.1. The second-order valence-corrected chi connectivity index (χ2v) is 7.04. The fourth-order valence-corrected chi connectivity index (χ4v) is 3.28. The summed E-state index contributed by atoms with van der Waals surface area (Å²) in [4.78, 5) is 38.3. The summed E-state index contributed by atoms with van der Waals surface area (Å²) in [6.45, 7) is 4.36. The Morgan fingerprint density at radius 3 is 2.40 bits per heavy atom. The van der Waals surface area contributed by atoms with Gasteiger partial charge < -0.3 is 19.7 Å². The molecule has 2 aromatic rings. The van der Waals surface area contributed by atoms with Crippen molar-refractivity contribution in [2.45, 2.75) is 26.7 Å². The third-order valence-corrected chi connectivity index (χ3v) is 4.91. The van der Waals surface area contributed by atoms with E-state index in [0.717, 1.165) is 12.2 Å². The molecular formula is C23H26N2O5. The number of ether oxygens (including phenoxy) is 2. The number of hydrogen-bond donors (Lipinski definition) is 1. The second-order valence-electron chi connectivity index (χ2n) is 7.04. The fraction of sp³-hybridized carbons (Fsp3) is 0.348. The number of esters is 1. The Labute approximate surface area is 176 Å². The molecule has 1 aliphatic rings. The molecule has 3 rings (SSSR count). The van der Waals surface area contributed by atoms with E-state index in [2.05, 4.69) is 12.2 Å². The highest BCUT2D eigenvalue weighted by Gasteiger charge is 2.36. The SMILES string of the molecule is CCOc1ccc(N2CC(C(=O)OCC(=O)Nc3ccc(CC)cc3)CC2=O)cc1. The Morgan fingerprint density at radius 2 is 1.77 bits per heavy atom. The van der Waals surface area contributed by atoms with Crippen LogP contribution in [0.5, 0.6) is 5.75 Å². The standard InChI is InChI=1S/C23H26N2O5/c1-3-16-5-7-18(8-6-16)24-21(26)15-30-23(28)17-13-22(27)25(14-17)19-9-11-20(12-10-19)29-4-2/h5-12,17H,3-4,13-15H2,1-2H3,(H,24,26). The van der Waals surface area contributed by atoms with Crippen molar-refractivity contribution < 1.29 is 23.9 Å².